The number of nitrogens with one attached hydrogen (secondary N) is 1. The summed E-state index contributed by atoms with van der Waals surface area (Å²) in [5.41, 5.74) is 0.598. The Hall–Kier alpha value is -1.98. The van der Waals surface area contributed by atoms with E-state index in [9.17, 15) is 18.0 Å². The topological polar surface area (TPSA) is 29.1 Å². The zero-order valence-electron chi connectivity index (χ0n) is 11.3. The van der Waals surface area contributed by atoms with Crippen LogP contribution in [-0.2, 0) is 11.0 Å². The fourth-order valence-electron chi connectivity index (χ4n) is 2.30. The standard InChI is InChI=1S/C16H8Cl2F3NO/c17-10-2-3-11-12(15(23)22-14(11)7-10)6-8-5-9(16(19,20)21)1-4-13(8)18/h1-7H,(H,22,23). The molecule has 23 heavy (non-hydrogen) atoms. The van der Waals surface area contributed by atoms with Crippen molar-refractivity contribution >= 4 is 46.4 Å². The lowest BCUT2D eigenvalue weighted by atomic mass is 10.0. The molecule has 118 valence electrons. The molecule has 1 amide bonds. The van der Waals surface area contributed by atoms with Crippen molar-refractivity contribution in [1.82, 2.24) is 0 Å². The normalized spacial score (nSPS) is 15.7. The van der Waals surface area contributed by atoms with E-state index in [1.54, 1.807) is 18.2 Å². The maximum Gasteiger partial charge on any atom is 0.416 e. The van der Waals surface area contributed by atoms with Crippen LogP contribution in [0.5, 0.6) is 0 Å². The van der Waals surface area contributed by atoms with Gasteiger partial charge in [0, 0.05) is 21.2 Å². The third kappa shape index (κ3) is 3.07. The molecule has 0 saturated heterocycles. The molecule has 0 unspecified atom stereocenters. The van der Waals surface area contributed by atoms with Gasteiger partial charge in [-0.2, -0.15) is 13.2 Å². The van der Waals surface area contributed by atoms with Crippen molar-refractivity contribution < 1.29 is 18.0 Å². The summed E-state index contributed by atoms with van der Waals surface area (Å²) < 4.78 is 38.4. The Balaban J connectivity index is 2.11. The molecular weight excluding hydrogens is 350 g/mol. The number of halogens is 5. The quantitative estimate of drug-likeness (QED) is 0.670. The molecule has 0 spiro atoms. The molecule has 1 heterocycles. The van der Waals surface area contributed by atoms with E-state index in [-0.39, 0.29) is 16.2 Å². The van der Waals surface area contributed by atoms with Gasteiger partial charge in [-0.05, 0) is 42.0 Å². The van der Waals surface area contributed by atoms with Crippen LogP contribution >= 0.6 is 23.2 Å². The van der Waals surface area contributed by atoms with Crippen molar-refractivity contribution in [3.05, 3.63) is 63.1 Å². The Morgan fingerprint density at radius 3 is 2.48 bits per heavy atom. The summed E-state index contributed by atoms with van der Waals surface area (Å²) in [6.07, 6.45) is -3.14. The summed E-state index contributed by atoms with van der Waals surface area (Å²) in [6, 6.07) is 7.77. The number of amides is 1. The number of fused-ring (bicyclic) bond motifs is 1. The number of hydrogen-bond donors (Lipinski definition) is 1. The average Bonchev–Trinajstić information content (AvgIpc) is 2.75. The van der Waals surface area contributed by atoms with Crippen LogP contribution in [0, 0.1) is 0 Å². The van der Waals surface area contributed by atoms with Crippen LogP contribution in [0.25, 0.3) is 11.6 Å². The second-order valence-corrected chi connectivity index (χ2v) is 5.78. The number of carbonyl (C=O) groups is 1. The summed E-state index contributed by atoms with van der Waals surface area (Å²) in [6.45, 7) is 0. The van der Waals surface area contributed by atoms with Crippen LogP contribution in [0.1, 0.15) is 16.7 Å². The van der Waals surface area contributed by atoms with Gasteiger partial charge in [0.15, 0.2) is 0 Å². The molecule has 2 aromatic rings. The Morgan fingerprint density at radius 1 is 1.04 bits per heavy atom. The van der Waals surface area contributed by atoms with E-state index in [2.05, 4.69) is 5.32 Å². The molecule has 2 aromatic carbocycles. The largest absolute Gasteiger partial charge is 0.416 e. The van der Waals surface area contributed by atoms with Gasteiger partial charge in [-0.15, -0.1) is 0 Å². The predicted molar refractivity (Wildman–Crippen MR) is 84.4 cm³/mol. The van der Waals surface area contributed by atoms with Crippen molar-refractivity contribution in [2.75, 3.05) is 5.32 Å². The lowest BCUT2D eigenvalue weighted by molar-refractivity contribution is -0.137. The van der Waals surface area contributed by atoms with Crippen LogP contribution in [0.15, 0.2) is 36.4 Å². The van der Waals surface area contributed by atoms with Crippen molar-refractivity contribution in [2.45, 2.75) is 6.18 Å². The first kappa shape index (κ1) is 15.9. The van der Waals surface area contributed by atoms with Crippen molar-refractivity contribution in [3.63, 3.8) is 0 Å². The monoisotopic (exact) mass is 357 g/mol. The molecule has 0 saturated carbocycles. The Morgan fingerprint density at radius 2 is 1.78 bits per heavy atom. The van der Waals surface area contributed by atoms with Gasteiger partial charge in [0.05, 0.1) is 11.3 Å². The minimum absolute atomic E-state index is 0.120. The van der Waals surface area contributed by atoms with Gasteiger partial charge in [0.25, 0.3) is 5.91 Å². The van der Waals surface area contributed by atoms with Crippen LogP contribution < -0.4 is 5.32 Å². The van der Waals surface area contributed by atoms with E-state index < -0.39 is 17.6 Å². The first-order valence-electron chi connectivity index (χ1n) is 6.45. The minimum Gasteiger partial charge on any atom is -0.321 e. The van der Waals surface area contributed by atoms with E-state index in [0.717, 1.165) is 18.2 Å². The minimum atomic E-state index is -4.48. The van der Waals surface area contributed by atoms with Gasteiger partial charge in [-0.1, -0.05) is 29.3 Å². The van der Waals surface area contributed by atoms with Crippen LogP contribution in [-0.4, -0.2) is 5.91 Å². The highest BCUT2D eigenvalue weighted by atomic mass is 35.5. The fraction of sp³-hybridized carbons (Fsp3) is 0.0625. The van der Waals surface area contributed by atoms with Crippen molar-refractivity contribution in [2.24, 2.45) is 0 Å². The highest BCUT2D eigenvalue weighted by Crippen LogP contribution is 2.37. The van der Waals surface area contributed by atoms with Gasteiger partial charge >= 0.3 is 6.18 Å². The zero-order valence-corrected chi connectivity index (χ0v) is 12.9. The molecule has 7 heteroatoms. The molecule has 0 aliphatic carbocycles. The van der Waals surface area contributed by atoms with Gasteiger partial charge in [-0.3, -0.25) is 4.79 Å². The van der Waals surface area contributed by atoms with E-state index in [0.29, 0.717) is 16.3 Å². The lowest BCUT2D eigenvalue weighted by Crippen LogP contribution is -2.05. The molecule has 0 radical (unpaired) electrons. The van der Waals surface area contributed by atoms with Crippen LogP contribution in [0.4, 0.5) is 18.9 Å². The second-order valence-electron chi connectivity index (χ2n) is 4.94. The molecule has 0 fully saturated rings. The maximum absolute atomic E-state index is 12.8. The first-order valence-corrected chi connectivity index (χ1v) is 7.21. The molecule has 1 aliphatic rings. The SMILES string of the molecule is O=C1Nc2cc(Cl)ccc2C1=Cc1cc(C(F)(F)F)ccc1Cl. The second kappa shape index (κ2) is 5.58. The van der Waals surface area contributed by atoms with E-state index in [1.165, 1.54) is 6.08 Å². The predicted octanol–water partition coefficient (Wildman–Crippen LogP) is 5.50. The summed E-state index contributed by atoms with van der Waals surface area (Å²) in [5, 5.41) is 3.19. The molecule has 2 nitrogen and oxygen atoms in total. The van der Waals surface area contributed by atoms with Crippen LogP contribution in [0.2, 0.25) is 10.0 Å². The molecule has 1 aliphatic heterocycles. The number of hydrogen-bond acceptors (Lipinski definition) is 1. The highest BCUT2D eigenvalue weighted by molar-refractivity contribution is 6.38. The number of rotatable bonds is 1. The molecular formula is C16H8Cl2F3NO. The number of anilines is 1. The molecule has 0 atom stereocenters. The lowest BCUT2D eigenvalue weighted by Gasteiger charge is -2.09. The van der Waals surface area contributed by atoms with Crippen molar-refractivity contribution in [3.8, 4) is 0 Å². The maximum atomic E-state index is 12.8. The van der Waals surface area contributed by atoms with Gasteiger partial charge < -0.3 is 5.32 Å². The highest BCUT2D eigenvalue weighted by Gasteiger charge is 2.31. The summed E-state index contributed by atoms with van der Waals surface area (Å²) in [7, 11) is 0. The number of carbonyl (C=O) groups excluding carboxylic acids is 1. The molecule has 0 aromatic heterocycles. The third-order valence-corrected chi connectivity index (χ3v) is 3.97. The number of benzene rings is 2. The first-order chi connectivity index (χ1) is 10.8. The van der Waals surface area contributed by atoms with Gasteiger partial charge in [0.2, 0.25) is 0 Å². The summed E-state index contributed by atoms with van der Waals surface area (Å²) in [5.74, 6) is -0.421. The molecule has 0 bridgehead atoms. The molecule has 1 N–H and O–H groups in total. The zero-order chi connectivity index (χ0) is 16.8. The van der Waals surface area contributed by atoms with E-state index in [4.69, 9.17) is 23.2 Å². The summed E-state index contributed by atoms with van der Waals surface area (Å²) >= 11 is 11.8. The van der Waals surface area contributed by atoms with E-state index in [1.807, 2.05) is 0 Å². The third-order valence-electron chi connectivity index (χ3n) is 3.39. The Bertz CT molecular complexity index is 844. The fourth-order valence-corrected chi connectivity index (χ4v) is 2.64. The van der Waals surface area contributed by atoms with E-state index >= 15 is 0 Å². The van der Waals surface area contributed by atoms with Gasteiger partial charge in [0.1, 0.15) is 0 Å². The van der Waals surface area contributed by atoms with Crippen molar-refractivity contribution in [1.29, 1.82) is 0 Å². The van der Waals surface area contributed by atoms with Gasteiger partial charge in [-0.25, -0.2) is 0 Å². The molecule has 3 rings (SSSR count). The Kier molecular flexibility index (Phi) is 3.86. The summed E-state index contributed by atoms with van der Waals surface area (Å²) in [4.78, 5) is 12.1. The average molecular weight is 358 g/mol. The Labute approximate surface area is 139 Å². The number of alkyl halides is 3. The smallest absolute Gasteiger partial charge is 0.321 e. The van der Waals surface area contributed by atoms with Crippen LogP contribution in [0.3, 0.4) is 0 Å².